The van der Waals surface area contributed by atoms with Crippen molar-refractivity contribution in [2.24, 2.45) is 0 Å². The fourth-order valence-electron chi connectivity index (χ4n) is 4.08. The molecule has 4 aromatic carbocycles. The van der Waals surface area contributed by atoms with Crippen molar-refractivity contribution in [1.29, 1.82) is 0 Å². The van der Waals surface area contributed by atoms with Crippen LogP contribution in [0.2, 0.25) is 0 Å². The molecule has 150 valence electrons. The van der Waals surface area contributed by atoms with Gasteiger partial charge in [0.05, 0.1) is 0 Å². The van der Waals surface area contributed by atoms with Gasteiger partial charge >= 0.3 is 173 Å². The van der Waals surface area contributed by atoms with Crippen LogP contribution in [0.25, 0.3) is 0 Å². The third-order valence-corrected chi connectivity index (χ3v) is 10.9. The normalized spacial score (nSPS) is 12.5. The van der Waals surface area contributed by atoms with Gasteiger partial charge in [0.25, 0.3) is 0 Å². The molecule has 0 amide bonds. The predicted molar refractivity (Wildman–Crippen MR) is 119 cm³/mol. The minimum absolute atomic E-state index is 0.425. The Morgan fingerprint density at radius 1 is 0.600 bits per heavy atom. The quantitative estimate of drug-likeness (QED) is 0.269. The number of hydrogen-bond donors (Lipinski definition) is 0. The molecule has 0 saturated heterocycles. The number of rotatable bonds is 6. The molecular weight excluding hydrogens is 399 g/mol. The number of halogens is 1. The fraction of sp³-hybridized carbons (Fsp3) is 0. The van der Waals surface area contributed by atoms with Gasteiger partial charge in [0, 0.05) is 0 Å². The van der Waals surface area contributed by atoms with Gasteiger partial charge in [-0.05, 0) is 0 Å². The van der Waals surface area contributed by atoms with E-state index in [2.05, 4.69) is 0 Å². The molecule has 0 heterocycles. The molecule has 0 aromatic heterocycles. The predicted octanol–water partition coefficient (Wildman–Crippen LogP) is 4.10. The van der Waals surface area contributed by atoms with Crippen LogP contribution in [0.1, 0.15) is 0 Å². The summed E-state index contributed by atoms with van der Waals surface area (Å²) >= 11 is 0. The van der Waals surface area contributed by atoms with Crippen molar-refractivity contribution >= 4 is 28.0 Å². The summed E-state index contributed by atoms with van der Waals surface area (Å²) in [7, 11) is 0. The molecule has 0 bridgehead atoms. The summed E-state index contributed by atoms with van der Waals surface area (Å²) in [5, 5.41) is 13.9. The maximum absolute atomic E-state index is 13.9. The van der Waals surface area contributed by atoms with Gasteiger partial charge in [0.2, 0.25) is 0 Å². The summed E-state index contributed by atoms with van der Waals surface area (Å²) in [5.74, 6) is -0.425. The summed E-state index contributed by atoms with van der Waals surface area (Å²) in [6, 6.07) is 33.4. The van der Waals surface area contributed by atoms with E-state index in [1.807, 2.05) is 91.0 Å². The molecule has 30 heavy (non-hydrogen) atoms. The van der Waals surface area contributed by atoms with Gasteiger partial charge in [-0.15, -0.1) is 0 Å². The van der Waals surface area contributed by atoms with Crippen LogP contribution in [-0.4, -0.2) is 5.09 Å². The van der Waals surface area contributed by atoms with E-state index in [9.17, 15) is 14.5 Å². The van der Waals surface area contributed by atoms with E-state index < -0.39 is 17.7 Å². The van der Waals surface area contributed by atoms with E-state index in [1.165, 1.54) is 12.1 Å². The molecule has 0 atom stereocenters. The second-order valence-electron chi connectivity index (χ2n) is 6.82. The van der Waals surface area contributed by atoms with Crippen LogP contribution in [0.3, 0.4) is 0 Å². The maximum atomic E-state index is 13.9. The van der Waals surface area contributed by atoms with Gasteiger partial charge in [0.15, 0.2) is 0 Å². The first kappa shape index (κ1) is 19.7. The van der Waals surface area contributed by atoms with Gasteiger partial charge in [-0.25, -0.2) is 0 Å². The minimum atomic E-state index is -4.33. The number of hydrogen-bond acceptors (Lipinski definition) is 3. The monoisotopic (exact) mass is 418 g/mol. The summed E-state index contributed by atoms with van der Waals surface area (Å²) in [6.07, 6.45) is 0. The van der Waals surface area contributed by atoms with Gasteiger partial charge in [-0.3, -0.25) is 0 Å². The van der Waals surface area contributed by atoms with Crippen LogP contribution >= 0.6 is 6.83 Å². The zero-order chi connectivity index (χ0) is 21.1. The van der Waals surface area contributed by atoms with Crippen molar-refractivity contribution in [3.8, 4) is 0 Å². The Morgan fingerprint density at radius 2 is 0.933 bits per heavy atom. The Balaban J connectivity index is 2.30. The third-order valence-electron chi connectivity index (χ3n) is 5.30. The van der Waals surface area contributed by atoms with Crippen LogP contribution in [0.4, 0.5) is 4.39 Å². The van der Waals surface area contributed by atoms with Crippen molar-refractivity contribution in [3.63, 3.8) is 0 Å². The molecule has 4 rings (SSSR count). The second-order valence-corrected chi connectivity index (χ2v) is 11.1. The zero-order valence-corrected chi connectivity index (χ0v) is 16.9. The molecule has 0 unspecified atom stereocenters. The van der Waals surface area contributed by atoms with E-state index in [4.69, 9.17) is 4.62 Å². The molecule has 0 saturated carbocycles. The van der Waals surface area contributed by atoms with E-state index in [1.54, 1.807) is 12.1 Å². The van der Waals surface area contributed by atoms with E-state index in [0.717, 1.165) is 0 Å². The first-order valence-corrected chi connectivity index (χ1v) is 11.5. The molecule has 4 nitrogen and oxygen atoms in total. The third kappa shape index (κ3) is 2.87. The Hall–Kier alpha value is -3.56. The molecule has 0 radical (unpaired) electrons. The standard InChI is InChI=1S/C24H19FNO3P/c25-20-16-18-24(19-17-20)30(29-26(27)28,21-10-4-1-5-11-21,22-12-6-2-7-13-22)23-14-8-3-9-15-23/h1-19H/i25-1. The fourth-order valence-corrected chi connectivity index (χ4v) is 9.45. The van der Waals surface area contributed by atoms with Crippen LogP contribution in [0, 0.1) is 15.9 Å². The molecule has 0 aliphatic rings. The molecule has 0 N–H and O–H groups in total. The summed E-state index contributed by atoms with van der Waals surface area (Å²) < 4.78 is 19.8. The molecule has 4 aromatic rings. The van der Waals surface area contributed by atoms with Crippen LogP contribution in [-0.2, 0) is 4.62 Å². The average Bonchev–Trinajstić information content (AvgIpc) is 2.80. The van der Waals surface area contributed by atoms with Crippen LogP contribution < -0.4 is 21.2 Å². The average molecular weight is 418 g/mol. The number of benzene rings is 4. The summed E-state index contributed by atoms with van der Waals surface area (Å²) in [4.78, 5) is 12.1. The topological polar surface area (TPSA) is 52.4 Å². The zero-order valence-electron chi connectivity index (χ0n) is 16.0. The van der Waals surface area contributed by atoms with Crippen LogP contribution in [0.5, 0.6) is 0 Å². The van der Waals surface area contributed by atoms with Crippen molar-refractivity contribution in [1.82, 2.24) is 0 Å². The van der Waals surface area contributed by atoms with E-state index >= 15 is 0 Å². The molecule has 0 aliphatic heterocycles. The first-order chi connectivity index (χ1) is 14.6. The van der Waals surface area contributed by atoms with Gasteiger partial charge in [-0.2, -0.15) is 0 Å². The van der Waals surface area contributed by atoms with E-state index in [-0.39, 0.29) is 0 Å². The van der Waals surface area contributed by atoms with Gasteiger partial charge in [-0.1, -0.05) is 0 Å². The molecule has 0 spiro atoms. The number of nitrogens with zero attached hydrogens (tertiary/aromatic N) is 1. The summed E-state index contributed by atoms with van der Waals surface area (Å²) in [6.45, 7) is -4.33. The van der Waals surface area contributed by atoms with Crippen molar-refractivity contribution < 1.29 is 14.1 Å². The van der Waals surface area contributed by atoms with Crippen molar-refractivity contribution in [3.05, 3.63) is 131 Å². The Labute approximate surface area is 173 Å². The van der Waals surface area contributed by atoms with Crippen LogP contribution in [0.15, 0.2) is 115 Å². The Bertz CT molecular complexity index is 1050. The van der Waals surface area contributed by atoms with Gasteiger partial charge < -0.3 is 0 Å². The molecule has 0 fully saturated rings. The van der Waals surface area contributed by atoms with Gasteiger partial charge in [0.1, 0.15) is 0 Å². The molecular formula is C24H19FNO3P. The molecule has 6 heteroatoms. The summed E-state index contributed by atoms with van der Waals surface area (Å²) in [5.41, 5.74) is 0. The van der Waals surface area contributed by atoms with Crippen molar-refractivity contribution in [2.75, 3.05) is 0 Å². The van der Waals surface area contributed by atoms with Crippen molar-refractivity contribution in [2.45, 2.75) is 0 Å². The second kappa shape index (κ2) is 7.69. The Morgan fingerprint density at radius 3 is 1.27 bits per heavy atom. The Kier molecular flexibility index (Phi) is 5.06. The molecule has 0 aliphatic carbocycles. The first-order valence-electron chi connectivity index (χ1n) is 9.37. The SMILES string of the molecule is O=[N+]([O-])OP(c1ccccc1)(c1ccccc1)(c1ccccc1)c1ccc([18F])cc1. The van der Waals surface area contributed by atoms with E-state index in [0.29, 0.717) is 21.2 Å².